The van der Waals surface area contributed by atoms with Crippen LogP contribution in [0.1, 0.15) is 11.4 Å². The first-order chi connectivity index (χ1) is 7.20. The summed E-state index contributed by atoms with van der Waals surface area (Å²) in [5.41, 5.74) is 0.993. The summed E-state index contributed by atoms with van der Waals surface area (Å²) >= 11 is 5.85. The van der Waals surface area contributed by atoms with Crippen LogP contribution >= 0.6 is 11.6 Å². The van der Waals surface area contributed by atoms with Gasteiger partial charge in [-0.25, -0.2) is 14.6 Å². The van der Waals surface area contributed by atoms with E-state index in [1.807, 2.05) is 6.07 Å². The summed E-state index contributed by atoms with van der Waals surface area (Å²) in [5, 5.41) is 13.3. The molecule has 0 aliphatic heterocycles. The number of hydrogen-bond acceptors (Lipinski definition) is 4. The van der Waals surface area contributed by atoms with E-state index in [1.165, 1.54) is 16.9 Å². The van der Waals surface area contributed by atoms with Crippen molar-refractivity contribution in [3.05, 3.63) is 34.9 Å². The predicted octanol–water partition coefficient (Wildman–Crippen LogP) is 1.50. The third-order valence-electron chi connectivity index (χ3n) is 1.80. The highest BCUT2D eigenvalue weighted by Gasteiger charge is 2.06. The third kappa shape index (κ3) is 1.80. The molecule has 0 fully saturated rings. The number of nitrogens with zero attached hydrogens (tertiary/aromatic N) is 5. The highest BCUT2D eigenvalue weighted by Crippen LogP contribution is 2.13. The monoisotopic (exact) mass is 219 g/mol. The molecular formula is C9H6ClN5. The SMILES string of the molecule is Cc1nn(-c2nccc(C#N)n2)cc1Cl. The predicted molar refractivity (Wildman–Crippen MR) is 53.6 cm³/mol. The van der Waals surface area contributed by atoms with Crippen LogP contribution in [0.4, 0.5) is 0 Å². The maximum absolute atomic E-state index is 8.67. The average molecular weight is 220 g/mol. The molecule has 6 heteroatoms. The molecule has 15 heavy (non-hydrogen) atoms. The van der Waals surface area contributed by atoms with Gasteiger partial charge in [0.15, 0.2) is 0 Å². The van der Waals surface area contributed by atoms with Gasteiger partial charge in [0, 0.05) is 6.20 Å². The van der Waals surface area contributed by atoms with Crippen LogP contribution in [0.15, 0.2) is 18.5 Å². The molecule has 0 N–H and O–H groups in total. The maximum Gasteiger partial charge on any atom is 0.251 e. The second-order valence-electron chi connectivity index (χ2n) is 2.86. The number of halogens is 1. The van der Waals surface area contributed by atoms with Crippen LogP contribution in [-0.4, -0.2) is 19.7 Å². The normalized spacial score (nSPS) is 9.93. The Morgan fingerprint density at radius 3 is 2.93 bits per heavy atom. The molecule has 2 heterocycles. The van der Waals surface area contributed by atoms with Crippen molar-refractivity contribution in [2.45, 2.75) is 6.92 Å². The minimum absolute atomic E-state index is 0.296. The molecule has 0 atom stereocenters. The van der Waals surface area contributed by atoms with Gasteiger partial charge in [-0.1, -0.05) is 11.6 Å². The quantitative estimate of drug-likeness (QED) is 0.729. The Morgan fingerprint density at radius 1 is 1.53 bits per heavy atom. The molecule has 0 bridgehead atoms. The van der Waals surface area contributed by atoms with E-state index in [0.29, 0.717) is 22.4 Å². The second-order valence-corrected chi connectivity index (χ2v) is 3.27. The Balaban J connectivity index is 2.50. The topological polar surface area (TPSA) is 67.4 Å². The van der Waals surface area contributed by atoms with E-state index in [0.717, 1.165) is 0 Å². The van der Waals surface area contributed by atoms with Gasteiger partial charge in [-0.2, -0.15) is 10.4 Å². The lowest BCUT2D eigenvalue weighted by molar-refractivity contribution is 0.794. The Labute approximate surface area is 91.0 Å². The molecular weight excluding hydrogens is 214 g/mol. The summed E-state index contributed by atoms with van der Waals surface area (Å²) in [6.07, 6.45) is 3.11. The van der Waals surface area contributed by atoms with E-state index in [9.17, 15) is 0 Å². The largest absolute Gasteiger partial charge is 0.251 e. The molecule has 0 aromatic carbocycles. The van der Waals surface area contributed by atoms with Gasteiger partial charge >= 0.3 is 0 Å². The molecule has 0 amide bonds. The standard InChI is InChI=1S/C9H6ClN5/c1-6-8(10)5-15(14-6)9-12-3-2-7(4-11)13-9/h2-3,5H,1H3. The first-order valence-corrected chi connectivity index (χ1v) is 4.54. The zero-order valence-electron chi connectivity index (χ0n) is 7.85. The first kappa shape index (κ1) is 9.62. The zero-order valence-corrected chi connectivity index (χ0v) is 8.60. The van der Waals surface area contributed by atoms with E-state index in [-0.39, 0.29) is 0 Å². The van der Waals surface area contributed by atoms with Crippen LogP contribution in [0.25, 0.3) is 5.95 Å². The van der Waals surface area contributed by atoms with Gasteiger partial charge in [-0.15, -0.1) is 0 Å². The van der Waals surface area contributed by atoms with Crippen LogP contribution in [0, 0.1) is 18.3 Å². The Morgan fingerprint density at radius 2 is 2.33 bits per heavy atom. The van der Waals surface area contributed by atoms with Gasteiger partial charge in [0.2, 0.25) is 0 Å². The van der Waals surface area contributed by atoms with Crippen molar-refractivity contribution in [2.75, 3.05) is 0 Å². The number of hydrogen-bond donors (Lipinski definition) is 0. The van der Waals surface area contributed by atoms with Crippen molar-refractivity contribution in [2.24, 2.45) is 0 Å². The number of nitriles is 1. The Bertz CT molecular complexity index is 520. The molecule has 2 aromatic heterocycles. The van der Waals surface area contributed by atoms with Crippen molar-refractivity contribution in [1.82, 2.24) is 19.7 Å². The summed E-state index contributed by atoms with van der Waals surface area (Å²) in [5.74, 6) is 0.337. The van der Waals surface area contributed by atoms with Gasteiger partial charge in [0.05, 0.1) is 16.9 Å². The molecule has 0 saturated carbocycles. The van der Waals surface area contributed by atoms with Crippen molar-refractivity contribution >= 4 is 11.6 Å². The zero-order chi connectivity index (χ0) is 10.8. The first-order valence-electron chi connectivity index (χ1n) is 4.16. The minimum atomic E-state index is 0.296. The second kappa shape index (κ2) is 3.67. The third-order valence-corrected chi connectivity index (χ3v) is 2.17. The van der Waals surface area contributed by atoms with E-state index in [1.54, 1.807) is 13.1 Å². The number of rotatable bonds is 1. The fourth-order valence-electron chi connectivity index (χ4n) is 1.06. The van der Waals surface area contributed by atoms with Gasteiger partial charge in [-0.3, -0.25) is 0 Å². The van der Waals surface area contributed by atoms with Gasteiger partial charge in [-0.05, 0) is 13.0 Å². The van der Waals surface area contributed by atoms with Crippen molar-refractivity contribution in [3.63, 3.8) is 0 Å². The lowest BCUT2D eigenvalue weighted by Gasteiger charge is -1.97. The van der Waals surface area contributed by atoms with E-state index >= 15 is 0 Å². The van der Waals surface area contributed by atoms with Crippen LogP contribution in [0.2, 0.25) is 5.02 Å². The van der Waals surface area contributed by atoms with Crippen molar-refractivity contribution in [3.8, 4) is 12.0 Å². The Kier molecular flexibility index (Phi) is 2.35. The van der Waals surface area contributed by atoms with Crippen molar-refractivity contribution < 1.29 is 0 Å². The molecule has 0 spiro atoms. The lowest BCUT2D eigenvalue weighted by atomic mass is 10.4. The number of aryl methyl sites for hydroxylation is 1. The molecule has 5 nitrogen and oxygen atoms in total. The van der Waals surface area contributed by atoms with Gasteiger partial charge in [0.25, 0.3) is 5.95 Å². The highest BCUT2D eigenvalue weighted by atomic mass is 35.5. The van der Waals surface area contributed by atoms with Gasteiger partial charge in [0.1, 0.15) is 11.8 Å². The molecule has 0 radical (unpaired) electrons. The lowest BCUT2D eigenvalue weighted by Crippen LogP contribution is -2.02. The van der Waals surface area contributed by atoms with Crippen LogP contribution in [0.3, 0.4) is 0 Å². The Hall–Kier alpha value is -1.93. The highest BCUT2D eigenvalue weighted by molar-refractivity contribution is 6.31. The molecule has 2 rings (SSSR count). The molecule has 0 aliphatic carbocycles. The molecule has 0 aliphatic rings. The fraction of sp³-hybridized carbons (Fsp3) is 0.111. The minimum Gasteiger partial charge on any atom is -0.220 e. The van der Waals surface area contributed by atoms with Crippen LogP contribution in [-0.2, 0) is 0 Å². The average Bonchev–Trinajstić information content (AvgIpc) is 2.59. The summed E-state index contributed by atoms with van der Waals surface area (Å²) in [6.45, 7) is 1.78. The number of aromatic nitrogens is 4. The van der Waals surface area contributed by atoms with Crippen LogP contribution in [0.5, 0.6) is 0 Å². The van der Waals surface area contributed by atoms with E-state index in [4.69, 9.17) is 16.9 Å². The van der Waals surface area contributed by atoms with E-state index < -0.39 is 0 Å². The maximum atomic E-state index is 8.67. The van der Waals surface area contributed by atoms with Gasteiger partial charge < -0.3 is 0 Å². The summed E-state index contributed by atoms with van der Waals surface area (Å²) in [7, 11) is 0. The fourth-order valence-corrected chi connectivity index (χ4v) is 1.19. The molecule has 0 unspecified atom stereocenters. The molecule has 2 aromatic rings. The molecule has 74 valence electrons. The smallest absolute Gasteiger partial charge is 0.220 e. The van der Waals surface area contributed by atoms with Crippen LogP contribution < -0.4 is 0 Å². The molecule has 0 saturated heterocycles. The summed E-state index contributed by atoms with van der Waals surface area (Å²) < 4.78 is 1.44. The summed E-state index contributed by atoms with van der Waals surface area (Å²) in [6, 6.07) is 3.46. The van der Waals surface area contributed by atoms with Crippen molar-refractivity contribution in [1.29, 1.82) is 5.26 Å². The van der Waals surface area contributed by atoms with E-state index in [2.05, 4.69) is 15.1 Å². The summed E-state index contributed by atoms with van der Waals surface area (Å²) in [4.78, 5) is 7.98.